The van der Waals surface area contributed by atoms with Crippen LogP contribution in [-0.4, -0.2) is 39.0 Å². The van der Waals surface area contributed by atoms with Crippen LogP contribution in [0, 0.1) is 5.82 Å². The maximum atomic E-state index is 14.3. The number of carbonyl (C=O) groups is 2. The van der Waals surface area contributed by atoms with E-state index in [9.17, 15) is 24.2 Å². The Bertz CT molecular complexity index is 1040. The van der Waals surface area contributed by atoms with Crippen molar-refractivity contribution in [3.63, 3.8) is 0 Å². The van der Waals surface area contributed by atoms with Gasteiger partial charge < -0.3 is 20.3 Å². The monoisotopic (exact) mass is 399 g/mol. The molecule has 0 aliphatic heterocycles. The molecule has 1 unspecified atom stereocenters. The second-order valence-corrected chi connectivity index (χ2v) is 6.15. The minimum Gasteiger partial charge on any atom is -0.497 e. The summed E-state index contributed by atoms with van der Waals surface area (Å²) in [5.41, 5.74) is 0.349. The van der Waals surface area contributed by atoms with E-state index in [4.69, 9.17) is 4.74 Å². The van der Waals surface area contributed by atoms with Crippen molar-refractivity contribution in [2.45, 2.75) is 12.5 Å². The summed E-state index contributed by atoms with van der Waals surface area (Å²) in [5.74, 6) is -2.63. The van der Waals surface area contributed by atoms with Crippen LogP contribution in [0.25, 0.3) is 5.69 Å². The third-order valence-corrected chi connectivity index (χ3v) is 4.19. The summed E-state index contributed by atoms with van der Waals surface area (Å²) in [6, 6.07) is 12.5. The first-order valence-corrected chi connectivity index (χ1v) is 8.59. The molecule has 9 heteroatoms. The summed E-state index contributed by atoms with van der Waals surface area (Å²) in [7, 11) is 1.39. The number of carboxylic acids is 1. The van der Waals surface area contributed by atoms with Gasteiger partial charge in [0.05, 0.1) is 25.3 Å². The predicted molar refractivity (Wildman–Crippen MR) is 101 cm³/mol. The summed E-state index contributed by atoms with van der Waals surface area (Å²) >= 11 is 0. The fourth-order valence-electron chi connectivity index (χ4n) is 2.80. The van der Waals surface area contributed by atoms with E-state index in [0.717, 1.165) is 16.8 Å². The summed E-state index contributed by atoms with van der Waals surface area (Å²) in [6.45, 7) is 0. The van der Waals surface area contributed by atoms with E-state index in [1.807, 2.05) is 0 Å². The van der Waals surface area contributed by atoms with E-state index in [-0.39, 0.29) is 17.1 Å². The summed E-state index contributed by atoms with van der Waals surface area (Å²) in [6.07, 6.45) is -0.554. The zero-order valence-corrected chi connectivity index (χ0v) is 15.4. The molecule has 3 rings (SSSR count). The van der Waals surface area contributed by atoms with Gasteiger partial charge in [0.15, 0.2) is 5.69 Å². The van der Waals surface area contributed by atoms with Gasteiger partial charge in [0.1, 0.15) is 11.6 Å². The quantitative estimate of drug-likeness (QED) is 0.563. The van der Waals surface area contributed by atoms with Gasteiger partial charge in [-0.2, -0.15) is 5.10 Å². The molecule has 0 spiro atoms. The number of halogens is 1. The van der Waals surface area contributed by atoms with Crippen LogP contribution in [0.1, 0.15) is 28.5 Å². The van der Waals surface area contributed by atoms with Crippen molar-refractivity contribution in [1.82, 2.24) is 15.1 Å². The van der Waals surface area contributed by atoms with Gasteiger partial charge in [-0.05, 0) is 30.3 Å². The number of hydrogen-bond donors (Lipinski definition) is 3. The molecule has 0 aliphatic carbocycles. The zero-order valence-electron chi connectivity index (χ0n) is 15.4. The topological polar surface area (TPSA) is 114 Å². The minimum atomic E-state index is -1.23. The highest BCUT2D eigenvalue weighted by molar-refractivity contribution is 5.93. The van der Waals surface area contributed by atoms with Crippen molar-refractivity contribution in [3.8, 4) is 17.3 Å². The normalized spacial score (nSPS) is 11.7. The molecule has 1 amide bonds. The van der Waals surface area contributed by atoms with Gasteiger partial charge in [-0.3, -0.25) is 9.59 Å². The number of hydrogen-bond acceptors (Lipinski definition) is 5. The van der Waals surface area contributed by atoms with Crippen LogP contribution >= 0.6 is 0 Å². The van der Waals surface area contributed by atoms with Crippen molar-refractivity contribution in [2.75, 3.05) is 7.11 Å². The lowest BCUT2D eigenvalue weighted by molar-refractivity contribution is -0.137. The van der Waals surface area contributed by atoms with Gasteiger partial charge >= 0.3 is 5.97 Å². The zero-order chi connectivity index (χ0) is 21.0. The summed E-state index contributed by atoms with van der Waals surface area (Å²) in [4.78, 5) is 23.9. The number of nitrogens with one attached hydrogen (secondary N) is 1. The Kier molecular flexibility index (Phi) is 5.77. The van der Waals surface area contributed by atoms with E-state index in [1.165, 1.54) is 19.2 Å². The highest BCUT2D eigenvalue weighted by atomic mass is 19.1. The van der Waals surface area contributed by atoms with Gasteiger partial charge in [-0.25, -0.2) is 9.07 Å². The van der Waals surface area contributed by atoms with E-state index in [0.29, 0.717) is 11.4 Å². The standard InChI is InChI=1S/C20H18FN3O5/c1-29-13-7-8-15(21)14(9-13)16(11-19(26)27)22-20(28)17-10-18(25)24(23-17)12-5-3-2-4-6-12/h2-10,16,25H,11H2,1H3,(H,22,28)(H,26,27). The van der Waals surface area contributed by atoms with Gasteiger partial charge in [-0.15, -0.1) is 0 Å². The lowest BCUT2D eigenvalue weighted by Gasteiger charge is -2.18. The number of aromatic hydroxyl groups is 1. The molecule has 1 aromatic heterocycles. The van der Waals surface area contributed by atoms with Crippen molar-refractivity contribution < 1.29 is 28.9 Å². The molecule has 0 aliphatic rings. The van der Waals surface area contributed by atoms with Gasteiger partial charge in [-0.1, -0.05) is 18.2 Å². The Morgan fingerprint density at radius 3 is 2.59 bits per heavy atom. The average molecular weight is 399 g/mol. The number of amides is 1. The van der Waals surface area contributed by atoms with E-state index in [1.54, 1.807) is 30.3 Å². The lowest BCUT2D eigenvalue weighted by atomic mass is 10.0. The van der Waals surface area contributed by atoms with Crippen LogP contribution in [0.3, 0.4) is 0 Å². The Balaban J connectivity index is 1.89. The summed E-state index contributed by atoms with van der Waals surface area (Å²) in [5, 5.41) is 25.8. The highest BCUT2D eigenvalue weighted by Crippen LogP contribution is 2.26. The number of carboxylic acid groups (broad SMARTS) is 1. The van der Waals surface area contributed by atoms with Crippen molar-refractivity contribution in [3.05, 3.63) is 71.7 Å². The molecule has 1 atom stereocenters. The molecular formula is C20H18FN3O5. The highest BCUT2D eigenvalue weighted by Gasteiger charge is 2.24. The SMILES string of the molecule is COc1ccc(F)c(C(CC(=O)O)NC(=O)c2cc(O)n(-c3ccccc3)n2)c1. The molecular weight excluding hydrogens is 381 g/mol. The van der Waals surface area contributed by atoms with Crippen LogP contribution in [0.15, 0.2) is 54.6 Å². The second kappa shape index (κ2) is 8.42. The molecule has 3 aromatic rings. The average Bonchev–Trinajstić information content (AvgIpc) is 3.10. The van der Waals surface area contributed by atoms with Crippen LogP contribution in [0.4, 0.5) is 4.39 Å². The van der Waals surface area contributed by atoms with E-state index < -0.39 is 30.2 Å². The molecule has 1 heterocycles. The molecule has 0 saturated carbocycles. The van der Waals surface area contributed by atoms with Crippen molar-refractivity contribution in [2.24, 2.45) is 0 Å². The first-order valence-electron chi connectivity index (χ1n) is 8.59. The Morgan fingerprint density at radius 2 is 1.93 bits per heavy atom. The van der Waals surface area contributed by atoms with Gasteiger partial charge in [0.2, 0.25) is 5.88 Å². The second-order valence-electron chi connectivity index (χ2n) is 6.15. The minimum absolute atomic E-state index is 0.0354. The first-order chi connectivity index (χ1) is 13.9. The fraction of sp³-hybridized carbons (Fsp3) is 0.150. The molecule has 0 bridgehead atoms. The molecule has 8 nitrogen and oxygen atoms in total. The third-order valence-electron chi connectivity index (χ3n) is 4.19. The van der Waals surface area contributed by atoms with E-state index in [2.05, 4.69) is 10.4 Å². The smallest absolute Gasteiger partial charge is 0.305 e. The Hall–Kier alpha value is -3.88. The van der Waals surface area contributed by atoms with Crippen molar-refractivity contribution in [1.29, 1.82) is 0 Å². The molecule has 2 aromatic carbocycles. The van der Waals surface area contributed by atoms with E-state index >= 15 is 0 Å². The number of aliphatic carboxylic acids is 1. The number of benzene rings is 2. The molecule has 3 N–H and O–H groups in total. The van der Waals surface area contributed by atoms with Gasteiger partial charge in [0, 0.05) is 11.6 Å². The maximum Gasteiger partial charge on any atom is 0.305 e. The summed E-state index contributed by atoms with van der Waals surface area (Å²) < 4.78 is 20.5. The number of para-hydroxylation sites is 1. The van der Waals surface area contributed by atoms with Gasteiger partial charge in [0.25, 0.3) is 5.91 Å². The molecule has 0 radical (unpaired) electrons. The first kappa shape index (κ1) is 19.9. The number of rotatable bonds is 7. The largest absolute Gasteiger partial charge is 0.497 e. The molecule has 0 saturated heterocycles. The number of carbonyl (C=O) groups excluding carboxylic acids is 1. The number of nitrogens with zero attached hydrogens (tertiary/aromatic N) is 2. The molecule has 150 valence electrons. The number of aromatic nitrogens is 2. The Morgan fingerprint density at radius 1 is 1.21 bits per heavy atom. The Labute approximate surface area is 165 Å². The molecule has 0 fully saturated rings. The van der Waals surface area contributed by atoms with Crippen LogP contribution in [0.2, 0.25) is 0 Å². The van der Waals surface area contributed by atoms with Crippen LogP contribution < -0.4 is 10.1 Å². The van der Waals surface area contributed by atoms with Crippen molar-refractivity contribution >= 4 is 11.9 Å². The lowest BCUT2D eigenvalue weighted by Crippen LogP contribution is -2.31. The van der Waals surface area contributed by atoms with Crippen LogP contribution in [-0.2, 0) is 4.79 Å². The number of ether oxygens (including phenoxy) is 1. The maximum absolute atomic E-state index is 14.3. The third kappa shape index (κ3) is 4.52. The van der Waals surface area contributed by atoms with Crippen LogP contribution in [0.5, 0.6) is 11.6 Å². The number of methoxy groups -OCH3 is 1. The molecule has 29 heavy (non-hydrogen) atoms. The predicted octanol–water partition coefficient (Wildman–Crippen LogP) is 2.67. The fourth-order valence-corrected chi connectivity index (χ4v) is 2.80.